The Bertz CT molecular complexity index is 1290. The molecule has 5 rings (SSSR count). The van der Waals surface area contributed by atoms with Gasteiger partial charge in [-0.25, -0.2) is 0 Å². The molecule has 1 fully saturated rings. The van der Waals surface area contributed by atoms with Crippen molar-refractivity contribution in [3.8, 4) is 5.75 Å². The summed E-state index contributed by atoms with van der Waals surface area (Å²) in [4.78, 5) is 28.2. The molecule has 0 aliphatic carbocycles. The first-order valence-electron chi connectivity index (χ1n) is 13.3. The molecule has 8 heteroatoms. The third-order valence-electron chi connectivity index (χ3n) is 7.17. The first-order chi connectivity index (χ1) is 18.6. The van der Waals surface area contributed by atoms with Crippen molar-refractivity contribution in [3.05, 3.63) is 77.4 Å². The minimum Gasteiger partial charge on any atom is -0.495 e. The lowest BCUT2D eigenvalue weighted by Gasteiger charge is -2.26. The van der Waals surface area contributed by atoms with Gasteiger partial charge in [-0.2, -0.15) is 0 Å². The maximum absolute atomic E-state index is 13.0. The summed E-state index contributed by atoms with van der Waals surface area (Å²) in [6.45, 7) is 4.84. The van der Waals surface area contributed by atoms with Crippen molar-refractivity contribution in [2.24, 2.45) is 0 Å². The topological polar surface area (TPSA) is 94.7 Å². The third-order valence-corrected chi connectivity index (χ3v) is 7.17. The van der Waals surface area contributed by atoms with E-state index in [9.17, 15) is 9.59 Å². The summed E-state index contributed by atoms with van der Waals surface area (Å²) in [5.41, 5.74) is 4.89. The Balaban J connectivity index is 1.21. The van der Waals surface area contributed by atoms with Crippen LogP contribution in [0.15, 0.2) is 60.7 Å². The molecule has 4 N–H and O–H groups in total. The number of hydrogen-bond donors (Lipinski definition) is 4. The summed E-state index contributed by atoms with van der Waals surface area (Å²) in [5, 5.41) is 12.6. The number of hydrogen-bond acceptors (Lipinski definition) is 6. The minimum atomic E-state index is -0.256. The zero-order valence-corrected chi connectivity index (χ0v) is 21.8. The summed E-state index contributed by atoms with van der Waals surface area (Å²) in [7, 11) is 1.62. The van der Waals surface area contributed by atoms with Crippen LogP contribution in [0, 0.1) is 0 Å². The predicted molar refractivity (Wildman–Crippen MR) is 152 cm³/mol. The fourth-order valence-corrected chi connectivity index (χ4v) is 5.11. The summed E-state index contributed by atoms with van der Waals surface area (Å²) >= 11 is 0. The fraction of sp³-hybridized carbons (Fsp3) is 0.333. The van der Waals surface area contributed by atoms with Crippen molar-refractivity contribution in [1.29, 1.82) is 0 Å². The lowest BCUT2D eigenvalue weighted by molar-refractivity contribution is 0.0966. The van der Waals surface area contributed by atoms with Crippen LogP contribution >= 0.6 is 0 Å². The van der Waals surface area contributed by atoms with Gasteiger partial charge in [0.1, 0.15) is 5.75 Å². The molecule has 3 aromatic rings. The normalized spacial score (nSPS) is 14.9. The van der Waals surface area contributed by atoms with E-state index < -0.39 is 0 Å². The van der Waals surface area contributed by atoms with Gasteiger partial charge in [0.05, 0.1) is 24.0 Å². The van der Waals surface area contributed by atoms with Crippen LogP contribution in [0.25, 0.3) is 0 Å². The average molecular weight is 514 g/mol. The van der Waals surface area contributed by atoms with Gasteiger partial charge in [0, 0.05) is 35.6 Å². The Morgan fingerprint density at radius 1 is 0.947 bits per heavy atom. The Kier molecular flexibility index (Phi) is 8.09. The second-order valence-corrected chi connectivity index (χ2v) is 9.74. The molecule has 38 heavy (non-hydrogen) atoms. The summed E-state index contributed by atoms with van der Waals surface area (Å²) in [5.74, 6) is 0.243. The maximum atomic E-state index is 13.0. The van der Waals surface area contributed by atoms with Gasteiger partial charge < -0.3 is 30.9 Å². The van der Waals surface area contributed by atoms with Gasteiger partial charge in [-0.15, -0.1) is 0 Å². The molecule has 0 spiro atoms. The van der Waals surface area contributed by atoms with Crippen LogP contribution in [0.5, 0.6) is 5.75 Å². The summed E-state index contributed by atoms with van der Waals surface area (Å²) < 4.78 is 5.44. The van der Waals surface area contributed by atoms with E-state index in [1.807, 2.05) is 42.5 Å². The molecule has 0 unspecified atom stereocenters. The van der Waals surface area contributed by atoms with Crippen LogP contribution in [-0.4, -0.2) is 50.0 Å². The van der Waals surface area contributed by atoms with E-state index in [1.54, 1.807) is 25.3 Å². The minimum absolute atomic E-state index is 0.205. The van der Waals surface area contributed by atoms with Crippen LogP contribution in [0.3, 0.4) is 0 Å². The monoisotopic (exact) mass is 513 g/mol. The number of rotatable bonds is 10. The summed E-state index contributed by atoms with van der Waals surface area (Å²) in [6, 6.07) is 18.7. The van der Waals surface area contributed by atoms with Crippen LogP contribution in [0.1, 0.15) is 52.0 Å². The Hall–Kier alpha value is -4.04. The Morgan fingerprint density at radius 3 is 2.50 bits per heavy atom. The standard InChI is InChI=1S/C30H35N5O3/c1-38-27-9-4-3-8-25(27)33-24-14-15-26(28-23(24)20-32-30(28)37)34-29(36)21-10-12-22(13-11-21)31-16-7-19-35-17-5-2-6-18-35/h3-4,8-15,31,33H,2,5-7,16-20H2,1H3,(H,32,37)(H,34,36). The highest BCUT2D eigenvalue weighted by molar-refractivity contribution is 6.11. The van der Waals surface area contributed by atoms with E-state index >= 15 is 0 Å². The number of para-hydroxylation sites is 2. The zero-order valence-electron chi connectivity index (χ0n) is 21.8. The van der Waals surface area contributed by atoms with E-state index in [1.165, 1.54) is 32.4 Å². The highest BCUT2D eigenvalue weighted by Crippen LogP contribution is 2.35. The average Bonchev–Trinajstić information content (AvgIpc) is 3.35. The molecular formula is C30H35N5O3. The number of carbonyl (C=O) groups is 2. The molecule has 2 aliphatic heterocycles. The first kappa shape index (κ1) is 25.6. The SMILES string of the molecule is COc1ccccc1Nc1ccc(NC(=O)c2ccc(NCCCN3CCCCC3)cc2)c2c1CNC2=O. The molecule has 0 radical (unpaired) electrons. The highest BCUT2D eigenvalue weighted by atomic mass is 16.5. The van der Waals surface area contributed by atoms with Gasteiger partial charge in [0.2, 0.25) is 0 Å². The number of methoxy groups -OCH3 is 1. The largest absolute Gasteiger partial charge is 0.495 e. The number of amides is 2. The number of nitrogens with one attached hydrogen (secondary N) is 4. The van der Waals surface area contributed by atoms with Crippen molar-refractivity contribution >= 4 is 34.6 Å². The number of carbonyl (C=O) groups excluding carboxylic acids is 2. The zero-order chi connectivity index (χ0) is 26.3. The molecule has 2 amide bonds. The lowest BCUT2D eigenvalue weighted by Crippen LogP contribution is -2.31. The molecule has 198 valence electrons. The number of piperidine rings is 1. The van der Waals surface area contributed by atoms with E-state index in [0.29, 0.717) is 29.1 Å². The van der Waals surface area contributed by atoms with Crippen molar-refractivity contribution < 1.29 is 14.3 Å². The van der Waals surface area contributed by atoms with Gasteiger partial charge in [-0.3, -0.25) is 9.59 Å². The second kappa shape index (κ2) is 12.0. The third kappa shape index (κ3) is 5.92. The second-order valence-electron chi connectivity index (χ2n) is 9.74. The lowest BCUT2D eigenvalue weighted by atomic mass is 10.0. The van der Waals surface area contributed by atoms with Gasteiger partial charge in [-0.05, 0) is 87.4 Å². The van der Waals surface area contributed by atoms with E-state index in [0.717, 1.165) is 42.1 Å². The van der Waals surface area contributed by atoms with Gasteiger partial charge >= 0.3 is 0 Å². The van der Waals surface area contributed by atoms with Gasteiger partial charge in [-0.1, -0.05) is 18.6 Å². The number of anilines is 4. The molecule has 0 aromatic heterocycles. The molecule has 8 nitrogen and oxygen atoms in total. The van der Waals surface area contributed by atoms with Crippen LogP contribution in [0.4, 0.5) is 22.7 Å². The van der Waals surface area contributed by atoms with Gasteiger partial charge in [0.25, 0.3) is 11.8 Å². The molecule has 0 saturated carbocycles. The molecule has 2 aliphatic rings. The Labute approximate surface area is 223 Å². The molecule has 1 saturated heterocycles. The fourth-order valence-electron chi connectivity index (χ4n) is 5.11. The van der Waals surface area contributed by atoms with Crippen molar-refractivity contribution in [3.63, 3.8) is 0 Å². The maximum Gasteiger partial charge on any atom is 0.255 e. The van der Waals surface area contributed by atoms with Crippen molar-refractivity contribution in [1.82, 2.24) is 10.2 Å². The van der Waals surface area contributed by atoms with E-state index in [4.69, 9.17) is 4.74 Å². The smallest absolute Gasteiger partial charge is 0.255 e. The number of ether oxygens (including phenoxy) is 1. The number of nitrogens with zero attached hydrogens (tertiary/aromatic N) is 1. The highest BCUT2D eigenvalue weighted by Gasteiger charge is 2.27. The van der Waals surface area contributed by atoms with Crippen LogP contribution in [-0.2, 0) is 6.54 Å². The van der Waals surface area contributed by atoms with Gasteiger partial charge in [0.15, 0.2) is 0 Å². The molecular weight excluding hydrogens is 478 g/mol. The van der Waals surface area contributed by atoms with Crippen LogP contribution < -0.4 is 26.0 Å². The summed E-state index contributed by atoms with van der Waals surface area (Å²) in [6.07, 6.45) is 5.08. The number of fused-ring (bicyclic) bond motifs is 1. The van der Waals surface area contributed by atoms with E-state index in [2.05, 4.69) is 26.2 Å². The number of benzene rings is 3. The molecule has 0 atom stereocenters. The number of likely N-dealkylation sites (tertiary alicyclic amines) is 1. The molecule has 2 heterocycles. The first-order valence-corrected chi connectivity index (χ1v) is 13.3. The van der Waals surface area contributed by atoms with Crippen molar-refractivity contribution in [2.45, 2.75) is 32.2 Å². The van der Waals surface area contributed by atoms with Crippen molar-refractivity contribution in [2.75, 3.05) is 49.2 Å². The quantitative estimate of drug-likeness (QED) is 0.278. The predicted octanol–water partition coefficient (Wildman–Crippen LogP) is 5.22. The molecule has 3 aromatic carbocycles. The van der Waals surface area contributed by atoms with Crippen LogP contribution in [0.2, 0.25) is 0 Å². The molecule has 0 bridgehead atoms. The Morgan fingerprint density at radius 2 is 1.71 bits per heavy atom. The van der Waals surface area contributed by atoms with E-state index in [-0.39, 0.29) is 11.8 Å².